The molecule has 2 saturated carbocycles. The number of pyridine rings is 1. The third kappa shape index (κ3) is 6.23. The van der Waals surface area contributed by atoms with Crippen LogP contribution >= 0.6 is 0 Å². The van der Waals surface area contributed by atoms with E-state index in [1.807, 2.05) is 12.1 Å². The van der Waals surface area contributed by atoms with E-state index >= 15 is 0 Å². The fraction of sp³-hybridized carbons (Fsp3) is 0.457. The number of methoxy groups -OCH3 is 1. The van der Waals surface area contributed by atoms with Crippen molar-refractivity contribution in [3.05, 3.63) is 76.4 Å². The molecular weight excluding hydrogens is 588 g/mol. The number of nitrogens with zero attached hydrogens (tertiary/aromatic N) is 1. The van der Waals surface area contributed by atoms with Gasteiger partial charge in [0.25, 0.3) is 11.5 Å². The molecule has 11 heteroatoms. The Balaban J connectivity index is 1.29. The molecule has 244 valence electrons. The van der Waals surface area contributed by atoms with Crippen molar-refractivity contribution in [2.75, 3.05) is 12.4 Å². The highest BCUT2D eigenvalue weighted by atomic mass is 16.5. The van der Waals surface area contributed by atoms with Gasteiger partial charge in [-0.25, -0.2) is 4.79 Å². The number of aryl methyl sites for hydroxylation is 1. The largest absolute Gasteiger partial charge is 0.466 e. The summed E-state index contributed by atoms with van der Waals surface area (Å²) in [7, 11) is 1.26. The highest BCUT2D eigenvalue weighted by molar-refractivity contribution is 6.03. The van der Waals surface area contributed by atoms with E-state index in [1.54, 1.807) is 25.1 Å². The van der Waals surface area contributed by atoms with E-state index in [4.69, 9.17) is 4.42 Å². The summed E-state index contributed by atoms with van der Waals surface area (Å²) < 4.78 is 11.6. The third-order valence-corrected chi connectivity index (χ3v) is 10.5. The van der Waals surface area contributed by atoms with Crippen LogP contribution in [0.15, 0.2) is 64.0 Å². The van der Waals surface area contributed by atoms with E-state index in [9.17, 15) is 24.0 Å². The van der Waals surface area contributed by atoms with Gasteiger partial charge in [0.1, 0.15) is 23.9 Å². The number of para-hydroxylation sites is 1. The lowest BCUT2D eigenvalue weighted by molar-refractivity contribution is -0.134. The maximum atomic E-state index is 13.5. The first-order valence-electron chi connectivity index (χ1n) is 15.7. The summed E-state index contributed by atoms with van der Waals surface area (Å²) in [5.41, 5.74) is 0.729. The summed E-state index contributed by atoms with van der Waals surface area (Å²) in [6.45, 7) is 8.36. The number of esters is 1. The highest BCUT2D eigenvalue weighted by Crippen LogP contribution is 2.65. The lowest BCUT2D eigenvalue weighted by atomic mass is 9.69. The van der Waals surface area contributed by atoms with Crippen molar-refractivity contribution in [3.63, 3.8) is 0 Å². The van der Waals surface area contributed by atoms with Crippen molar-refractivity contribution < 1.29 is 28.3 Å². The van der Waals surface area contributed by atoms with Crippen LogP contribution in [0.5, 0.6) is 0 Å². The first kappa shape index (κ1) is 32.7. The number of nitrogens with one attached hydrogen (secondary N) is 3. The highest BCUT2D eigenvalue weighted by Gasteiger charge is 2.61. The fourth-order valence-electron chi connectivity index (χ4n) is 7.19. The van der Waals surface area contributed by atoms with Gasteiger partial charge in [-0.15, -0.1) is 0 Å². The van der Waals surface area contributed by atoms with Crippen molar-refractivity contribution in [2.24, 2.45) is 16.7 Å². The Morgan fingerprint density at radius 3 is 2.57 bits per heavy atom. The number of carbonyl (C=O) groups is 4. The number of hydrogen-bond acceptors (Lipinski definition) is 7. The van der Waals surface area contributed by atoms with Crippen LogP contribution in [-0.4, -0.2) is 47.5 Å². The molecule has 3 aromatic rings. The number of anilines is 1. The van der Waals surface area contributed by atoms with Gasteiger partial charge in [0, 0.05) is 29.3 Å². The van der Waals surface area contributed by atoms with Crippen molar-refractivity contribution in [3.8, 4) is 0 Å². The molecular formula is C35H42N4O7. The number of ether oxygens (including phenoxy) is 1. The molecule has 0 saturated heterocycles. The second-order valence-electron chi connectivity index (χ2n) is 13.2. The summed E-state index contributed by atoms with van der Waals surface area (Å²) in [6, 6.07) is 9.22. The monoisotopic (exact) mass is 630 g/mol. The Morgan fingerprint density at radius 1 is 1.13 bits per heavy atom. The van der Waals surface area contributed by atoms with Crippen LogP contribution in [0.25, 0.3) is 11.0 Å². The number of amides is 3. The second kappa shape index (κ2) is 13.0. The summed E-state index contributed by atoms with van der Waals surface area (Å²) >= 11 is 0. The number of aromatic nitrogens is 1. The lowest BCUT2D eigenvalue weighted by Crippen LogP contribution is -2.48. The van der Waals surface area contributed by atoms with Gasteiger partial charge in [-0.1, -0.05) is 45.0 Å². The maximum absolute atomic E-state index is 13.5. The number of rotatable bonds is 11. The van der Waals surface area contributed by atoms with E-state index in [0.29, 0.717) is 17.1 Å². The molecule has 46 heavy (non-hydrogen) atoms. The molecule has 2 aliphatic rings. The van der Waals surface area contributed by atoms with Crippen molar-refractivity contribution in [1.29, 1.82) is 0 Å². The molecule has 2 heterocycles. The summed E-state index contributed by atoms with van der Waals surface area (Å²) in [6.07, 6.45) is 7.80. The number of benzene rings is 1. The molecule has 1 aromatic carbocycles. The van der Waals surface area contributed by atoms with Crippen molar-refractivity contribution in [2.45, 2.75) is 78.4 Å². The Hall–Kier alpha value is -4.67. The minimum Gasteiger partial charge on any atom is -0.466 e. The van der Waals surface area contributed by atoms with Crippen LogP contribution in [0.2, 0.25) is 0 Å². The van der Waals surface area contributed by atoms with E-state index in [0.717, 1.165) is 24.6 Å². The molecule has 3 amide bonds. The van der Waals surface area contributed by atoms with Crippen LogP contribution in [0.3, 0.4) is 0 Å². The topological polar surface area (TPSA) is 149 Å². The third-order valence-electron chi connectivity index (χ3n) is 10.5. The molecule has 2 aromatic heterocycles. The van der Waals surface area contributed by atoms with Gasteiger partial charge in [0.2, 0.25) is 11.8 Å². The first-order valence-corrected chi connectivity index (χ1v) is 15.7. The Bertz CT molecular complexity index is 1750. The molecule has 0 aliphatic heterocycles. The molecule has 4 atom stereocenters. The van der Waals surface area contributed by atoms with Crippen LogP contribution in [-0.2, 0) is 25.7 Å². The lowest BCUT2D eigenvalue weighted by Gasteiger charge is -2.39. The van der Waals surface area contributed by atoms with E-state index in [2.05, 4.69) is 41.5 Å². The summed E-state index contributed by atoms with van der Waals surface area (Å²) in [5.74, 6) is -1.40. The summed E-state index contributed by atoms with van der Waals surface area (Å²) in [5, 5.41) is 9.30. The number of carbonyl (C=O) groups excluding carboxylic acids is 4. The first-order chi connectivity index (χ1) is 21.9. The maximum Gasteiger partial charge on any atom is 0.330 e. The predicted molar refractivity (Wildman–Crippen MR) is 173 cm³/mol. The standard InChI is InChI=1S/C35H42N4O7/c1-21-23-11-6-8-14-26(23)46-30(21)32(43)36-24(12-7-9-15-29(41)45-5)31(42)37-25-13-10-18-39(33(25)44)20-28(40)38-27-19-22-16-17-35(27,4)34(22,2)3/h6,8-11,13-15,18,22,24,27H,7,12,16-17,19-20H2,1-5H3,(H,36,43)(H,37,42)(H,38,40)/b15-9+/t22?,24-,27?,35-/m0/s1. The molecule has 2 aliphatic carbocycles. The zero-order valence-electron chi connectivity index (χ0n) is 27.0. The number of fused-ring (bicyclic) bond motifs is 3. The minimum absolute atomic E-state index is 0.000507. The van der Waals surface area contributed by atoms with E-state index in [-0.39, 0.29) is 53.6 Å². The quantitative estimate of drug-likeness (QED) is 0.209. The van der Waals surface area contributed by atoms with Crippen molar-refractivity contribution in [1.82, 2.24) is 15.2 Å². The Kier molecular flexibility index (Phi) is 9.23. The smallest absolute Gasteiger partial charge is 0.330 e. The average Bonchev–Trinajstić information content (AvgIpc) is 3.55. The van der Waals surface area contributed by atoms with E-state index < -0.39 is 29.4 Å². The zero-order chi connectivity index (χ0) is 33.2. The van der Waals surface area contributed by atoms with Crippen molar-refractivity contribution >= 4 is 40.3 Å². The number of furan rings is 1. The van der Waals surface area contributed by atoms with Gasteiger partial charge in [0.15, 0.2) is 5.76 Å². The molecule has 0 radical (unpaired) electrons. The van der Waals surface area contributed by atoms with Crippen LogP contribution in [0, 0.1) is 23.7 Å². The number of allylic oxidation sites excluding steroid dienone is 1. The molecule has 2 fully saturated rings. The van der Waals surface area contributed by atoms with Crippen LogP contribution in [0.1, 0.15) is 69.0 Å². The molecule has 3 N–H and O–H groups in total. The molecule has 0 spiro atoms. The predicted octanol–water partition coefficient (Wildman–Crippen LogP) is 4.48. The molecule has 11 nitrogen and oxygen atoms in total. The van der Waals surface area contributed by atoms with Gasteiger partial charge in [-0.3, -0.25) is 19.2 Å². The van der Waals surface area contributed by atoms with Gasteiger partial charge in [-0.2, -0.15) is 0 Å². The molecule has 2 bridgehead atoms. The van der Waals surface area contributed by atoms with Crippen LogP contribution in [0.4, 0.5) is 5.69 Å². The molecule has 5 rings (SSSR count). The normalized spacial score (nSPS) is 22.1. The van der Waals surface area contributed by atoms with Gasteiger partial charge in [0.05, 0.1) is 7.11 Å². The minimum atomic E-state index is -1.08. The fourth-order valence-corrected chi connectivity index (χ4v) is 7.19. The number of hydrogen-bond donors (Lipinski definition) is 3. The second-order valence-corrected chi connectivity index (χ2v) is 13.2. The Labute approximate surface area is 267 Å². The van der Waals surface area contributed by atoms with Gasteiger partial charge in [-0.05, 0) is 74.0 Å². The van der Waals surface area contributed by atoms with Gasteiger partial charge < -0.3 is 29.7 Å². The zero-order valence-corrected chi connectivity index (χ0v) is 27.0. The van der Waals surface area contributed by atoms with Gasteiger partial charge >= 0.3 is 5.97 Å². The SMILES string of the molecule is COC(=O)/C=C/CC[C@H](NC(=O)c1oc2ccccc2c1C)C(=O)Nc1cccn(CC(=O)NC2CC3CC[C@]2(C)C3(C)C)c1=O. The summed E-state index contributed by atoms with van der Waals surface area (Å²) in [4.78, 5) is 64.8. The van der Waals surface area contributed by atoms with Crippen LogP contribution < -0.4 is 21.5 Å². The average molecular weight is 631 g/mol. The van der Waals surface area contributed by atoms with E-state index in [1.165, 1.54) is 36.1 Å². The Morgan fingerprint density at radius 2 is 1.89 bits per heavy atom. The molecule has 2 unspecified atom stereocenters.